The second kappa shape index (κ2) is 7.02. The molecule has 24 heavy (non-hydrogen) atoms. The van der Waals surface area contributed by atoms with Crippen molar-refractivity contribution in [3.05, 3.63) is 64.5 Å². The molecule has 1 N–H and O–H groups in total. The van der Waals surface area contributed by atoms with Crippen LogP contribution in [0.5, 0.6) is 0 Å². The average molecular weight is 383 g/mol. The monoisotopic (exact) mass is 382 g/mol. The second-order valence-electron chi connectivity index (χ2n) is 5.16. The zero-order valence-electron chi connectivity index (χ0n) is 12.8. The van der Waals surface area contributed by atoms with Gasteiger partial charge in [0.15, 0.2) is 0 Å². The minimum Gasteiger partial charge on any atom is -0.244 e. The van der Waals surface area contributed by atoms with Crippen molar-refractivity contribution in [2.45, 2.75) is 23.7 Å². The molecule has 0 fully saturated rings. The highest BCUT2D eigenvalue weighted by molar-refractivity contribution is 7.91. The Morgan fingerprint density at radius 3 is 2.67 bits per heavy atom. The molecule has 1 aromatic carbocycles. The summed E-state index contributed by atoms with van der Waals surface area (Å²) in [6.45, 7) is 2.26. The van der Waals surface area contributed by atoms with Crippen molar-refractivity contribution in [3.63, 3.8) is 0 Å². The number of aromatic nitrogens is 3. The molecule has 3 rings (SSSR count). The largest absolute Gasteiger partial charge is 0.250 e. The Morgan fingerprint density at radius 1 is 1.25 bits per heavy atom. The van der Waals surface area contributed by atoms with Crippen LogP contribution in [-0.4, -0.2) is 23.2 Å². The lowest BCUT2D eigenvalue weighted by molar-refractivity contribution is 0.539. The third-order valence-electron chi connectivity index (χ3n) is 3.35. The number of thiophene rings is 1. The van der Waals surface area contributed by atoms with Gasteiger partial charge in [0.2, 0.25) is 0 Å². The van der Waals surface area contributed by atoms with Crippen molar-refractivity contribution in [2.24, 2.45) is 0 Å². The van der Waals surface area contributed by atoms with Gasteiger partial charge in [-0.3, -0.25) is 0 Å². The van der Waals surface area contributed by atoms with Gasteiger partial charge in [0.25, 0.3) is 10.0 Å². The predicted octanol–water partition coefficient (Wildman–Crippen LogP) is 3.08. The zero-order valence-corrected chi connectivity index (χ0v) is 15.1. The minimum absolute atomic E-state index is 0.175. The molecule has 0 aliphatic rings. The first-order valence-corrected chi connectivity index (χ1v) is 9.83. The summed E-state index contributed by atoms with van der Waals surface area (Å²) in [5.41, 5.74) is 1.06. The number of nitrogens with zero attached hydrogens (tertiary/aromatic N) is 3. The van der Waals surface area contributed by atoms with E-state index < -0.39 is 16.1 Å². The number of rotatable bonds is 6. The van der Waals surface area contributed by atoms with Gasteiger partial charge < -0.3 is 0 Å². The van der Waals surface area contributed by atoms with Crippen LogP contribution in [0.1, 0.15) is 24.4 Å². The maximum Gasteiger partial charge on any atom is 0.250 e. The molecule has 0 radical (unpaired) electrons. The molecule has 0 saturated carbocycles. The third kappa shape index (κ3) is 3.84. The smallest absolute Gasteiger partial charge is 0.244 e. The van der Waals surface area contributed by atoms with E-state index in [1.165, 1.54) is 12.4 Å². The zero-order chi connectivity index (χ0) is 17.2. The predicted molar refractivity (Wildman–Crippen MR) is 93.6 cm³/mol. The molecule has 9 heteroatoms. The highest BCUT2D eigenvalue weighted by atomic mass is 35.5. The summed E-state index contributed by atoms with van der Waals surface area (Å²) >= 11 is 6.83. The summed E-state index contributed by atoms with van der Waals surface area (Å²) in [5, 5.41) is 4.19. The summed E-state index contributed by atoms with van der Waals surface area (Å²) in [5.74, 6) is 0.546. The van der Waals surface area contributed by atoms with Crippen LogP contribution in [0.15, 0.2) is 53.0 Å². The maximum atomic E-state index is 12.4. The first-order valence-electron chi connectivity index (χ1n) is 7.15. The van der Waals surface area contributed by atoms with Gasteiger partial charge in [0.05, 0.1) is 16.9 Å². The molecule has 0 aliphatic carbocycles. The molecule has 1 unspecified atom stereocenters. The second-order valence-corrected chi connectivity index (χ2v) is 8.82. The van der Waals surface area contributed by atoms with Gasteiger partial charge in [-0.1, -0.05) is 41.9 Å². The van der Waals surface area contributed by atoms with Gasteiger partial charge in [-0.05, 0) is 24.6 Å². The number of sulfonamides is 1. The Balaban J connectivity index is 1.79. The quantitative estimate of drug-likeness (QED) is 0.710. The highest BCUT2D eigenvalue weighted by Crippen LogP contribution is 2.26. The van der Waals surface area contributed by atoms with Crippen molar-refractivity contribution < 1.29 is 8.42 Å². The first kappa shape index (κ1) is 17.1. The fourth-order valence-corrected chi connectivity index (χ4v) is 4.97. The molecule has 2 aromatic heterocycles. The fraction of sp³-hybridized carbons (Fsp3) is 0.200. The molecular formula is C15H15ClN4O2S2. The molecule has 0 bridgehead atoms. The van der Waals surface area contributed by atoms with E-state index >= 15 is 0 Å². The van der Waals surface area contributed by atoms with E-state index in [0.717, 1.165) is 16.9 Å². The van der Waals surface area contributed by atoms with E-state index in [-0.39, 0.29) is 4.21 Å². The summed E-state index contributed by atoms with van der Waals surface area (Å²) in [6.07, 6.45) is 1.42. The van der Waals surface area contributed by atoms with Gasteiger partial charge >= 0.3 is 0 Å². The van der Waals surface area contributed by atoms with E-state index in [4.69, 9.17) is 11.6 Å². The van der Waals surface area contributed by atoms with Gasteiger partial charge in [-0.25, -0.2) is 22.8 Å². The molecule has 0 amide bonds. The van der Waals surface area contributed by atoms with Crippen molar-refractivity contribution in [1.82, 2.24) is 19.5 Å². The van der Waals surface area contributed by atoms with Crippen LogP contribution in [-0.2, 0) is 16.6 Å². The topological polar surface area (TPSA) is 76.9 Å². The maximum absolute atomic E-state index is 12.4. The molecule has 6 nitrogen and oxygen atoms in total. The lowest BCUT2D eigenvalue weighted by atomic mass is 10.2. The van der Waals surface area contributed by atoms with Crippen LogP contribution in [0, 0.1) is 0 Å². The molecule has 3 aromatic rings. The minimum atomic E-state index is -3.65. The summed E-state index contributed by atoms with van der Waals surface area (Å²) in [7, 11) is -3.65. The van der Waals surface area contributed by atoms with Gasteiger partial charge in [-0.2, -0.15) is 5.10 Å². The van der Waals surface area contributed by atoms with Crippen LogP contribution in [0.25, 0.3) is 0 Å². The third-order valence-corrected chi connectivity index (χ3v) is 6.62. The number of halogens is 1. The van der Waals surface area contributed by atoms with Crippen LogP contribution in [0.4, 0.5) is 0 Å². The van der Waals surface area contributed by atoms with Crippen LogP contribution in [0.3, 0.4) is 0 Å². The Bertz CT molecular complexity index is 922. The normalized spacial score (nSPS) is 13.1. The van der Waals surface area contributed by atoms with Crippen molar-refractivity contribution >= 4 is 33.0 Å². The van der Waals surface area contributed by atoms with E-state index in [2.05, 4.69) is 14.8 Å². The van der Waals surface area contributed by atoms with Gasteiger partial charge in [-0.15, -0.1) is 11.3 Å². The Labute approximate surface area is 149 Å². The molecule has 0 aliphatic heterocycles. The summed E-state index contributed by atoms with van der Waals surface area (Å²) < 4.78 is 29.7. The molecule has 0 spiro atoms. The Morgan fingerprint density at radius 2 is 2.00 bits per heavy atom. The highest BCUT2D eigenvalue weighted by Gasteiger charge is 2.23. The van der Waals surface area contributed by atoms with Crippen LogP contribution < -0.4 is 4.72 Å². The van der Waals surface area contributed by atoms with E-state index in [9.17, 15) is 8.42 Å². The van der Waals surface area contributed by atoms with Gasteiger partial charge in [0.1, 0.15) is 16.4 Å². The molecular weight excluding hydrogens is 368 g/mol. The first-order chi connectivity index (χ1) is 11.5. The lowest BCUT2D eigenvalue weighted by Crippen LogP contribution is -2.28. The average Bonchev–Trinajstić information content (AvgIpc) is 3.17. The SMILES string of the molecule is CC(NS(=O)(=O)c1ccc(Cl)s1)c1ncnn1Cc1ccccc1. The Kier molecular flexibility index (Phi) is 5.00. The van der Waals surface area contributed by atoms with Gasteiger partial charge in [0, 0.05) is 0 Å². The van der Waals surface area contributed by atoms with E-state index in [1.807, 2.05) is 30.3 Å². The van der Waals surface area contributed by atoms with Crippen molar-refractivity contribution in [1.29, 1.82) is 0 Å². The molecule has 0 saturated heterocycles. The van der Waals surface area contributed by atoms with Crippen LogP contribution in [0.2, 0.25) is 4.34 Å². The fourth-order valence-electron chi connectivity index (χ4n) is 2.27. The van der Waals surface area contributed by atoms with E-state index in [0.29, 0.717) is 16.7 Å². The number of nitrogens with one attached hydrogen (secondary N) is 1. The molecule has 126 valence electrons. The lowest BCUT2D eigenvalue weighted by Gasteiger charge is -2.14. The van der Waals surface area contributed by atoms with Crippen molar-refractivity contribution in [3.8, 4) is 0 Å². The van der Waals surface area contributed by atoms with Crippen LogP contribution >= 0.6 is 22.9 Å². The molecule has 2 heterocycles. The van der Waals surface area contributed by atoms with E-state index in [1.54, 1.807) is 17.7 Å². The van der Waals surface area contributed by atoms with Crippen molar-refractivity contribution in [2.75, 3.05) is 0 Å². The Hall–Kier alpha value is -1.74. The molecule has 1 atom stereocenters. The number of hydrogen-bond acceptors (Lipinski definition) is 5. The standard InChI is InChI=1S/C15H15ClN4O2S2/c1-11(19-24(21,22)14-8-7-13(16)23-14)15-17-10-18-20(15)9-12-5-3-2-4-6-12/h2-8,10-11,19H,9H2,1H3. The number of benzene rings is 1. The number of hydrogen-bond donors (Lipinski definition) is 1. The summed E-state index contributed by atoms with van der Waals surface area (Å²) in [4.78, 5) is 4.20. The summed E-state index contributed by atoms with van der Waals surface area (Å²) in [6, 6.07) is 12.3.